The SMILES string of the molecule is O=C(O)c1cccc(S(=O)(=O)CCCC2CCCO2)c1. The molecule has 5 nitrogen and oxygen atoms in total. The van der Waals surface area contributed by atoms with Gasteiger partial charge in [0.25, 0.3) is 0 Å². The molecule has 1 N–H and O–H groups in total. The first kappa shape index (κ1) is 15.0. The molecule has 0 aromatic heterocycles. The Morgan fingerprint density at radius 1 is 1.40 bits per heavy atom. The average Bonchev–Trinajstić information content (AvgIpc) is 2.92. The molecular weight excluding hydrogens is 280 g/mol. The van der Waals surface area contributed by atoms with E-state index >= 15 is 0 Å². The third kappa shape index (κ3) is 3.80. The Hall–Kier alpha value is -1.40. The maximum atomic E-state index is 12.1. The highest BCUT2D eigenvalue weighted by atomic mass is 32.2. The zero-order valence-electron chi connectivity index (χ0n) is 11.1. The van der Waals surface area contributed by atoms with Crippen LogP contribution >= 0.6 is 0 Å². The lowest BCUT2D eigenvalue weighted by Crippen LogP contribution is -2.12. The molecule has 0 saturated carbocycles. The molecule has 0 amide bonds. The molecule has 0 radical (unpaired) electrons. The van der Waals surface area contributed by atoms with E-state index in [1.807, 2.05) is 0 Å². The van der Waals surface area contributed by atoms with Gasteiger partial charge in [-0.05, 0) is 43.9 Å². The van der Waals surface area contributed by atoms with Crippen LogP contribution in [-0.2, 0) is 14.6 Å². The van der Waals surface area contributed by atoms with Crippen molar-refractivity contribution in [2.24, 2.45) is 0 Å². The lowest BCUT2D eigenvalue weighted by Gasteiger charge is -2.09. The minimum Gasteiger partial charge on any atom is -0.478 e. The molecule has 1 unspecified atom stereocenters. The Bertz CT molecular complexity index is 573. The fourth-order valence-corrected chi connectivity index (χ4v) is 3.69. The summed E-state index contributed by atoms with van der Waals surface area (Å²) in [5, 5.41) is 8.88. The van der Waals surface area contributed by atoms with Gasteiger partial charge in [0.05, 0.1) is 22.3 Å². The number of hydrogen-bond donors (Lipinski definition) is 1. The predicted octanol–water partition coefficient (Wildman–Crippen LogP) is 2.12. The number of benzene rings is 1. The van der Waals surface area contributed by atoms with E-state index in [1.165, 1.54) is 24.3 Å². The first-order valence-electron chi connectivity index (χ1n) is 6.67. The standard InChI is InChI=1S/C14H18O5S/c15-14(16)11-4-1-7-13(10-11)20(17,18)9-3-6-12-5-2-8-19-12/h1,4,7,10,12H,2-3,5-6,8-9H2,(H,15,16). The zero-order valence-corrected chi connectivity index (χ0v) is 11.9. The van der Waals surface area contributed by atoms with Crippen molar-refractivity contribution in [1.29, 1.82) is 0 Å². The van der Waals surface area contributed by atoms with Crippen molar-refractivity contribution in [2.75, 3.05) is 12.4 Å². The fourth-order valence-electron chi connectivity index (χ4n) is 2.31. The molecule has 2 rings (SSSR count). The van der Waals surface area contributed by atoms with Crippen molar-refractivity contribution in [3.05, 3.63) is 29.8 Å². The van der Waals surface area contributed by atoms with Crippen LogP contribution in [0, 0.1) is 0 Å². The topological polar surface area (TPSA) is 80.7 Å². The van der Waals surface area contributed by atoms with Crippen LogP contribution in [0.2, 0.25) is 0 Å². The summed E-state index contributed by atoms with van der Waals surface area (Å²) >= 11 is 0. The van der Waals surface area contributed by atoms with Crippen LogP contribution in [0.1, 0.15) is 36.0 Å². The second-order valence-electron chi connectivity index (χ2n) is 4.93. The summed E-state index contributed by atoms with van der Waals surface area (Å²) in [6.07, 6.45) is 3.48. The predicted molar refractivity (Wildman–Crippen MR) is 73.7 cm³/mol. The zero-order chi connectivity index (χ0) is 14.6. The number of hydrogen-bond acceptors (Lipinski definition) is 4. The van der Waals surface area contributed by atoms with Crippen LogP contribution < -0.4 is 0 Å². The molecule has 6 heteroatoms. The second kappa shape index (κ2) is 6.37. The third-order valence-corrected chi connectivity index (χ3v) is 5.20. The van der Waals surface area contributed by atoms with E-state index in [0.717, 1.165) is 25.9 Å². The van der Waals surface area contributed by atoms with Gasteiger partial charge in [0, 0.05) is 6.61 Å². The van der Waals surface area contributed by atoms with Crippen LogP contribution in [0.25, 0.3) is 0 Å². The maximum absolute atomic E-state index is 12.1. The summed E-state index contributed by atoms with van der Waals surface area (Å²) in [6.45, 7) is 0.762. The van der Waals surface area contributed by atoms with Gasteiger partial charge in [0.2, 0.25) is 0 Å². The fraction of sp³-hybridized carbons (Fsp3) is 0.500. The molecule has 1 aliphatic heterocycles. The van der Waals surface area contributed by atoms with E-state index in [-0.39, 0.29) is 22.3 Å². The molecule has 1 aromatic carbocycles. The van der Waals surface area contributed by atoms with Crippen molar-refractivity contribution >= 4 is 15.8 Å². The second-order valence-corrected chi connectivity index (χ2v) is 7.04. The number of aromatic carboxylic acids is 1. The molecule has 110 valence electrons. The highest BCUT2D eigenvalue weighted by Crippen LogP contribution is 2.19. The lowest BCUT2D eigenvalue weighted by atomic mass is 10.1. The Balaban J connectivity index is 1.98. The van der Waals surface area contributed by atoms with Gasteiger partial charge in [0.15, 0.2) is 9.84 Å². The monoisotopic (exact) mass is 298 g/mol. The van der Waals surface area contributed by atoms with Crippen molar-refractivity contribution in [3.63, 3.8) is 0 Å². The maximum Gasteiger partial charge on any atom is 0.335 e. The minimum absolute atomic E-state index is 0.00907. The van der Waals surface area contributed by atoms with Crippen LogP contribution in [0.5, 0.6) is 0 Å². The van der Waals surface area contributed by atoms with Crippen molar-refractivity contribution in [1.82, 2.24) is 0 Å². The lowest BCUT2D eigenvalue weighted by molar-refractivity contribution is 0.0696. The van der Waals surface area contributed by atoms with E-state index in [4.69, 9.17) is 9.84 Å². The van der Waals surface area contributed by atoms with Crippen LogP contribution in [0.3, 0.4) is 0 Å². The van der Waals surface area contributed by atoms with Gasteiger partial charge in [-0.3, -0.25) is 0 Å². The van der Waals surface area contributed by atoms with Gasteiger partial charge in [-0.1, -0.05) is 6.07 Å². The number of carboxylic acid groups (broad SMARTS) is 1. The highest BCUT2D eigenvalue weighted by Gasteiger charge is 2.19. The Kier molecular flexibility index (Phi) is 4.77. The number of carboxylic acids is 1. The summed E-state index contributed by atoms with van der Waals surface area (Å²) in [5.41, 5.74) is -0.00907. The summed E-state index contributed by atoms with van der Waals surface area (Å²) in [5.74, 6) is -1.10. The molecule has 0 aliphatic carbocycles. The van der Waals surface area contributed by atoms with Crippen LogP contribution in [0.15, 0.2) is 29.2 Å². The molecule has 1 aliphatic rings. The number of ether oxygens (including phenoxy) is 1. The summed E-state index contributed by atoms with van der Waals surface area (Å²) in [4.78, 5) is 10.9. The van der Waals surface area contributed by atoms with E-state index in [1.54, 1.807) is 0 Å². The minimum atomic E-state index is -3.43. The molecule has 1 fully saturated rings. The summed E-state index contributed by atoms with van der Waals surface area (Å²) in [6, 6.07) is 5.49. The third-order valence-electron chi connectivity index (χ3n) is 3.40. The van der Waals surface area contributed by atoms with Crippen LogP contribution in [-0.4, -0.2) is 38.0 Å². The number of sulfone groups is 1. The Labute approximate surface area is 118 Å². The molecule has 20 heavy (non-hydrogen) atoms. The highest BCUT2D eigenvalue weighted by molar-refractivity contribution is 7.91. The quantitative estimate of drug-likeness (QED) is 0.870. The van der Waals surface area contributed by atoms with Gasteiger partial charge < -0.3 is 9.84 Å². The molecule has 0 spiro atoms. The Morgan fingerprint density at radius 3 is 2.85 bits per heavy atom. The average molecular weight is 298 g/mol. The van der Waals surface area contributed by atoms with Gasteiger partial charge in [-0.2, -0.15) is 0 Å². The van der Waals surface area contributed by atoms with E-state index in [0.29, 0.717) is 6.42 Å². The smallest absolute Gasteiger partial charge is 0.335 e. The van der Waals surface area contributed by atoms with Gasteiger partial charge in [-0.15, -0.1) is 0 Å². The summed E-state index contributed by atoms with van der Waals surface area (Å²) < 4.78 is 29.7. The normalized spacial score (nSPS) is 19.1. The van der Waals surface area contributed by atoms with E-state index < -0.39 is 15.8 Å². The molecule has 1 saturated heterocycles. The van der Waals surface area contributed by atoms with Crippen molar-refractivity contribution < 1.29 is 23.1 Å². The van der Waals surface area contributed by atoms with Gasteiger partial charge in [0.1, 0.15) is 0 Å². The first-order chi connectivity index (χ1) is 9.49. The molecular formula is C14H18O5S. The molecule has 0 bridgehead atoms. The Morgan fingerprint density at radius 2 is 2.20 bits per heavy atom. The summed E-state index contributed by atoms with van der Waals surface area (Å²) in [7, 11) is -3.43. The molecule has 1 aromatic rings. The van der Waals surface area contributed by atoms with Crippen molar-refractivity contribution in [3.8, 4) is 0 Å². The van der Waals surface area contributed by atoms with E-state index in [9.17, 15) is 13.2 Å². The van der Waals surface area contributed by atoms with Gasteiger partial charge >= 0.3 is 5.97 Å². The number of rotatable bonds is 6. The number of carbonyl (C=O) groups is 1. The van der Waals surface area contributed by atoms with Crippen molar-refractivity contribution in [2.45, 2.75) is 36.7 Å². The van der Waals surface area contributed by atoms with Crippen LogP contribution in [0.4, 0.5) is 0 Å². The largest absolute Gasteiger partial charge is 0.478 e. The molecule has 1 heterocycles. The first-order valence-corrected chi connectivity index (χ1v) is 8.32. The van der Waals surface area contributed by atoms with E-state index in [2.05, 4.69) is 0 Å². The molecule has 1 atom stereocenters. The van der Waals surface area contributed by atoms with Gasteiger partial charge in [-0.25, -0.2) is 13.2 Å².